The van der Waals surface area contributed by atoms with Crippen molar-refractivity contribution in [3.63, 3.8) is 0 Å². The number of amides is 3. The molecule has 0 spiro atoms. The summed E-state index contributed by atoms with van der Waals surface area (Å²) in [6, 6.07) is 8.18. The maximum Gasteiger partial charge on any atom is 0.249 e. The fourth-order valence-electron chi connectivity index (χ4n) is 3.97. The fraction of sp³-hybridized carbons (Fsp3) is 0.625. The van der Waals surface area contributed by atoms with Gasteiger partial charge < -0.3 is 20.6 Å². The van der Waals surface area contributed by atoms with E-state index in [-0.39, 0.29) is 30.2 Å². The van der Waals surface area contributed by atoms with Crippen LogP contribution in [0.25, 0.3) is 0 Å². The third kappa shape index (κ3) is 7.35. The third-order valence-corrected chi connectivity index (χ3v) is 5.94. The lowest BCUT2D eigenvalue weighted by Gasteiger charge is -2.34. The van der Waals surface area contributed by atoms with E-state index in [1.807, 2.05) is 37.4 Å². The van der Waals surface area contributed by atoms with Gasteiger partial charge in [-0.25, -0.2) is 0 Å². The zero-order valence-electron chi connectivity index (χ0n) is 19.1. The van der Waals surface area contributed by atoms with Crippen molar-refractivity contribution in [2.75, 3.05) is 7.05 Å². The Bertz CT molecular complexity index is 732. The second-order valence-electron chi connectivity index (χ2n) is 8.95. The minimum absolute atomic E-state index is 0.0142. The van der Waals surface area contributed by atoms with Gasteiger partial charge in [-0.2, -0.15) is 0 Å². The van der Waals surface area contributed by atoms with E-state index in [0.29, 0.717) is 0 Å². The molecule has 3 amide bonds. The van der Waals surface area contributed by atoms with Crippen LogP contribution in [0, 0.1) is 5.92 Å². The molecule has 0 bridgehead atoms. The molecule has 7 nitrogen and oxygen atoms in total. The third-order valence-electron chi connectivity index (χ3n) is 5.94. The van der Waals surface area contributed by atoms with Crippen molar-refractivity contribution < 1.29 is 19.5 Å². The topological polar surface area (TPSA) is 98.7 Å². The van der Waals surface area contributed by atoms with E-state index < -0.39 is 24.1 Å². The fourth-order valence-corrected chi connectivity index (χ4v) is 3.97. The van der Waals surface area contributed by atoms with Gasteiger partial charge in [0.2, 0.25) is 17.7 Å². The van der Waals surface area contributed by atoms with Gasteiger partial charge >= 0.3 is 0 Å². The maximum absolute atomic E-state index is 13.3. The standard InChI is InChI=1S/C24H37N3O4/c1-16(2)22(29)23(30)25-17(3)15-20(28)26-21(18-11-7-5-8-12-18)24(31)27(4)19-13-9-6-10-14-19/h5,7-8,11-12,16-17,19,21-22,29H,6,9-10,13-15H2,1-4H3,(H,25,30)(H,26,28)/t17-,21+,22+/m1/s1. The van der Waals surface area contributed by atoms with Crippen LogP contribution in [0.15, 0.2) is 30.3 Å². The Morgan fingerprint density at radius 1 is 1.03 bits per heavy atom. The first kappa shape index (κ1) is 24.9. The lowest BCUT2D eigenvalue weighted by atomic mass is 9.93. The molecule has 1 fully saturated rings. The zero-order chi connectivity index (χ0) is 23.0. The van der Waals surface area contributed by atoms with Crippen molar-refractivity contribution in [1.29, 1.82) is 0 Å². The van der Waals surface area contributed by atoms with Crippen molar-refractivity contribution in [2.24, 2.45) is 5.92 Å². The van der Waals surface area contributed by atoms with Gasteiger partial charge in [0.05, 0.1) is 0 Å². The molecule has 0 aliphatic heterocycles. The van der Waals surface area contributed by atoms with Gasteiger partial charge in [0, 0.05) is 25.6 Å². The Balaban J connectivity index is 2.04. The van der Waals surface area contributed by atoms with Gasteiger partial charge in [0.25, 0.3) is 0 Å². The Morgan fingerprint density at radius 3 is 2.23 bits per heavy atom. The van der Waals surface area contributed by atoms with E-state index in [2.05, 4.69) is 10.6 Å². The van der Waals surface area contributed by atoms with Crippen LogP contribution < -0.4 is 10.6 Å². The van der Waals surface area contributed by atoms with E-state index in [1.165, 1.54) is 6.42 Å². The molecule has 1 aliphatic carbocycles. The summed E-state index contributed by atoms with van der Waals surface area (Å²) in [5.74, 6) is -1.16. The molecule has 0 radical (unpaired) electrons. The zero-order valence-corrected chi connectivity index (χ0v) is 19.1. The quantitative estimate of drug-likeness (QED) is 0.560. The molecule has 0 saturated heterocycles. The summed E-state index contributed by atoms with van der Waals surface area (Å²) in [4.78, 5) is 39.9. The van der Waals surface area contributed by atoms with Crippen molar-refractivity contribution >= 4 is 17.7 Å². The van der Waals surface area contributed by atoms with Gasteiger partial charge in [0.1, 0.15) is 12.1 Å². The molecule has 2 rings (SSSR count). The number of benzene rings is 1. The lowest BCUT2D eigenvalue weighted by Crippen LogP contribution is -2.48. The first-order valence-corrected chi connectivity index (χ1v) is 11.3. The molecular weight excluding hydrogens is 394 g/mol. The highest BCUT2D eigenvalue weighted by atomic mass is 16.3. The highest BCUT2D eigenvalue weighted by Gasteiger charge is 2.30. The summed E-state index contributed by atoms with van der Waals surface area (Å²) < 4.78 is 0. The van der Waals surface area contributed by atoms with Crippen molar-refractivity contribution in [1.82, 2.24) is 15.5 Å². The Kier molecular flexibility index (Phi) is 9.49. The van der Waals surface area contributed by atoms with Crippen molar-refractivity contribution in [3.8, 4) is 0 Å². The molecule has 1 saturated carbocycles. The van der Waals surface area contributed by atoms with Crippen LogP contribution >= 0.6 is 0 Å². The molecule has 172 valence electrons. The van der Waals surface area contributed by atoms with Gasteiger partial charge in [-0.3, -0.25) is 14.4 Å². The summed E-state index contributed by atoms with van der Waals surface area (Å²) in [5.41, 5.74) is 0.732. The average Bonchev–Trinajstić information content (AvgIpc) is 2.76. The van der Waals surface area contributed by atoms with Gasteiger partial charge in [-0.15, -0.1) is 0 Å². The van der Waals surface area contributed by atoms with E-state index in [0.717, 1.165) is 31.2 Å². The van der Waals surface area contributed by atoms with Crippen LogP contribution in [0.4, 0.5) is 0 Å². The van der Waals surface area contributed by atoms with Crippen LogP contribution in [0.1, 0.15) is 70.9 Å². The minimum Gasteiger partial charge on any atom is -0.383 e. The molecule has 0 aromatic heterocycles. The second-order valence-corrected chi connectivity index (χ2v) is 8.95. The van der Waals surface area contributed by atoms with Crippen LogP contribution in [-0.4, -0.2) is 53.0 Å². The Labute approximate surface area is 185 Å². The number of rotatable bonds is 9. The molecule has 0 heterocycles. The first-order valence-electron chi connectivity index (χ1n) is 11.3. The van der Waals surface area contributed by atoms with Crippen LogP contribution in [-0.2, 0) is 14.4 Å². The minimum atomic E-state index is -1.12. The van der Waals surface area contributed by atoms with E-state index in [4.69, 9.17) is 0 Å². The summed E-state index contributed by atoms with van der Waals surface area (Å²) in [7, 11) is 1.82. The van der Waals surface area contributed by atoms with Gasteiger partial charge in [0.15, 0.2) is 0 Å². The molecule has 1 aliphatic rings. The predicted octanol–water partition coefficient (Wildman–Crippen LogP) is 2.55. The highest BCUT2D eigenvalue weighted by molar-refractivity contribution is 5.89. The van der Waals surface area contributed by atoms with E-state index in [1.54, 1.807) is 25.7 Å². The number of hydrogen-bond donors (Lipinski definition) is 3. The number of nitrogens with one attached hydrogen (secondary N) is 2. The Morgan fingerprint density at radius 2 is 1.65 bits per heavy atom. The molecule has 3 N–H and O–H groups in total. The number of aliphatic hydroxyl groups is 1. The molecule has 1 aromatic carbocycles. The number of carbonyl (C=O) groups excluding carboxylic acids is 3. The summed E-state index contributed by atoms with van der Waals surface area (Å²) >= 11 is 0. The summed E-state index contributed by atoms with van der Waals surface area (Å²) in [5, 5.41) is 15.4. The number of aliphatic hydroxyl groups excluding tert-OH is 1. The smallest absolute Gasteiger partial charge is 0.249 e. The highest BCUT2D eigenvalue weighted by Crippen LogP contribution is 2.25. The average molecular weight is 432 g/mol. The largest absolute Gasteiger partial charge is 0.383 e. The SMILES string of the molecule is CC(C)[C@H](O)C(=O)N[C@H](C)CC(=O)N[C@H](C(=O)N(C)C1CCCCC1)c1ccccc1. The van der Waals surface area contributed by atoms with Gasteiger partial charge in [-0.1, -0.05) is 63.4 Å². The first-order chi connectivity index (χ1) is 14.7. The number of nitrogens with zero attached hydrogens (tertiary/aromatic N) is 1. The van der Waals surface area contributed by atoms with E-state index >= 15 is 0 Å². The number of likely N-dealkylation sites (N-methyl/N-ethyl adjacent to an activating group) is 1. The predicted molar refractivity (Wildman–Crippen MR) is 120 cm³/mol. The normalized spacial score (nSPS) is 17.5. The second kappa shape index (κ2) is 11.8. The maximum atomic E-state index is 13.3. The molecule has 3 atom stereocenters. The molecular formula is C24H37N3O4. The molecule has 1 aromatic rings. The number of hydrogen-bond acceptors (Lipinski definition) is 4. The Hall–Kier alpha value is -2.41. The van der Waals surface area contributed by atoms with Crippen molar-refractivity contribution in [3.05, 3.63) is 35.9 Å². The lowest BCUT2D eigenvalue weighted by molar-refractivity contribution is -0.138. The van der Waals surface area contributed by atoms with Crippen LogP contribution in [0.3, 0.4) is 0 Å². The molecule has 7 heteroatoms. The van der Waals surface area contributed by atoms with E-state index in [9.17, 15) is 19.5 Å². The van der Waals surface area contributed by atoms with Crippen LogP contribution in [0.2, 0.25) is 0 Å². The molecule has 31 heavy (non-hydrogen) atoms. The van der Waals surface area contributed by atoms with Crippen molar-refractivity contribution in [2.45, 2.75) is 83.5 Å². The summed E-state index contributed by atoms with van der Waals surface area (Å²) in [6.45, 7) is 5.21. The molecule has 0 unspecified atom stereocenters. The van der Waals surface area contributed by atoms with Gasteiger partial charge in [-0.05, 0) is 31.2 Å². The summed E-state index contributed by atoms with van der Waals surface area (Å²) in [6.07, 6.45) is 4.30. The monoisotopic (exact) mass is 431 g/mol. The number of carbonyl (C=O) groups is 3. The van der Waals surface area contributed by atoms with Crippen LogP contribution in [0.5, 0.6) is 0 Å².